The average Bonchev–Trinajstić information content (AvgIpc) is 2.65. The fourth-order valence-corrected chi connectivity index (χ4v) is 2.60. The summed E-state index contributed by atoms with van der Waals surface area (Å²) in [5.41, 5.74) is 1.94. The van der Waals surface area contributed by atoms with E-state index in [0.717, 1.165) is 41.5 Å². The molecule has 2 nitrogen and oxygen atoms in total. The number of ketones is 1. The van der Waals surface area contributed by atoms with Crippen LogP contribution in [0.1, 0.15) is 36.9 Å². The Bertz CT molecular complexity index is 419. The molecule has 3 heteroatoms. The van der Waals surface area contributed by atoms with Crippen LogP contribution in [0.15, 0.2) is 17.0 Å². The van der Waals surface area contributed by atoms with E-state index in [1.807, 2.05) is 12.3 Å². The van der Waals surface area contributed by atoms with Crippen molar-refractivity contribution >= 4 is 17.1 Å². The van der Waals surface area contributed by atoms with Gasteiger partial charge >= 0.3 is 0 Å². The molecule has 1 atom stereocenters. The second kappa shape index (κ2) is 4.91. The highest BCUT2D eigenvalue weighted by Gasteiger charge is 2.16. The highest BCUT2D eigenvalue weighted by Crippen LogP contribution is 2.24. The lowest BCUT2D eigenvalue weighted by molar-refractivity contribution is -0.115. The quantitative estimate of drug-likeness (QED) is 0.804. The maximum atomic E-state index is 12.0. The van der Waals surface area contributed by atoms with E-state index in [1.165, 1.54) is 0 Å². The minimum absolute atomic E-state index is 0.261. The SMILES string of the molecule is Cc1nc(CC(=O)C2=CCC(C)CC2)cs1. The predicted molar refractivity (Wildman–Crippen MR) is 66.7 cm³/mol. The van der Waals surface area contributed by atoms with Crippen molar-refractivity contribution < 1.29 is 4.79 Å². The van der Waals surface area contributed by atoms with Crippen LogP contribution in [0.3, 0.4) is 0 Å². The first-order valence-corrected chi connectivity index (χ1v) is 6.66. The van der Waals surface area contributed by atoms with E-state index in [9.17, 15) is 4.79 Å². The Kier molecular flexibility index (Phi) is 3.54. The molecule has 0 aliphatic heterocycles. The maximum Gasteiger partial charge on any atom is 0.164 e. The van der Waals surface area contributed by atoms with Gasteiger partial charge in [-0.1, -0.05) is 13.0 Å². The van der Waals surface area contributed by atoms with Gasteiger partial charge in [-0.15, -0.1) is 11.3 Å². The van der Waals surface area contributed by atoms with Crippen molar-refractivity contribution in [2.75, 3.05) is 0 Å². The fourth-order valence-electron chi connectivity index (χ4n) is 1.99. The van der Waals surface area contributed by atoms with Gasteiger partial charge in [-0.3, -0.25) is 4.79 Å². The molecule has 0 aromatic carbocycles. The van der Waals surface area contributed by atoms with Crippen LogP contribution in [0.2, 0.25) is 0 Å². The summed E-state index contributed by atoms with van der Waals surface area (Å²) in [4.78, 5) is 16.3. The van der Waals surface area contributed by atoms with Crippen molar-refractivity contribution in [2.24, 2.45) is 5.92 Å². The Labute approximate surface area is 100 Å². The molecule has 0 radical (unpaired) electrons. The van der Waals surface area contributed by atoms with E-state index < -0.39 is 0 Å². The van der Waals surface area contributed by atoms with Crippen LogP contribution in [0.25, 0.3) is 0 Å². The van der Waals surface area contributed by atoms with Gasteiger partial charge in [0.15, 0.2) is 5.78 Å². The standard InChI is InChI=1S/C13H17NOS/c1-9-3-5-11(6-4-9)13(15)7-12-8-16-10(2)14-12/h5,8-9H,3-4,6-7H2,1-2H3. The van der Waals surface area contributed by atoms with E-state index in [1.54, 1.807) is 11.3 Å². The Balaban J connectivity index is 1.98. The van der Waals surface area contributed by atoms with Crippen molar-refractivity contribution in [2.45, 2.75) is 39.5 Å². The van der Waals surface area contributed by atoms with E-state index in [-0.39, 0.29) is 5.78 Å². The van der Waals surface area contributed by atoms with Crippen LogP contribution >= 0.6 is 11.3 Å². The third kappa shape index (κ3) is 2.79. The zero-order valence-corrected chi connectivity index (χ0v) is 10.6. The molecule has 86 valence electrons. The molecule has 1 aliphatic rings. The van der Waals surface area contributed by atoms with Gasteiger partial charge in [0.25, 0.3) is 0 Å². The van der Waals surface area contributed by atoms with E-state index in [0.29, 0.717) is 6.42 Å². The number of hydrogen-bond donors (Lipinski definition) is 0. The van der Waals surface area contributed by atoms with E-state index in [4.69, 9.17) is 0 Å². The Morgan fingerprint density at radius 2 is 2.44 bits per heavy atom. The number of carbonyl (C=O) groups excluding carboxylic acids is 1. The normalized spacial score (nSPS) is 20.6. The summed E-state index contributed by atoms with van der Waals surface area (Å²) in [7, 11) is 0. The summed E-state index contributed by atoms with van der Waals surface area (Å²) in [6.45, 7) is 4.21. The van der Waals surface area contributed by atoms with Crippen molar-refractivity contribution in [3.8, 4) is 0 Å². The van der Waals surface area contributed by atoms with Crippen molar-refractivity contribution in [3.63, 3.8) is 0 Å². The number of rotatable bonds is 3. The van der Waals surface area contributed by atoms with Gasteiger partial charge in [0.05, 0.1) is 17.1 Å². The van der Waals surface area contributed by atoms with Gasteiger partial charge in [-0.05, 0) is 37.7 Å². The predicted octanol–water partition coefficient (Wildman–Crippen LogP) is 3.31. The van der Waals surface area contributed by atoms with Crippen molar-refractivity contribution in [3.05, 3.63) is 27.7 Å². The smallest absolute Gasteiger partial charge is 0.164 e. The Morgan fingerprint density at radius 3 is 3.00 bits per heavy atom. The highest BCUT2D eigenvalue weighted by molar-refractivity contribution is 7.09. The van der Waals surface area contributed by atoms with Crippen LogP contribution in [-0.4, -0.2) is 10.8 Å². The molecule has 0 N–H and O–H groups in total. The molecule has 2 rings (SSSR count). The molecule has 16 heavy (non-hydrogen) atoms. The maximum absolute atomic E-state index is 12.0. The van der Waals surface area contributed by atoms with Gasteiger partial charge in [-0.25, -0.2) is 4.98 Å². The first-order valence-electron chi connectivity index (χ1n) is 5.78. The van der Waals surface area contributed by atoms with Gasteiger partial charge in [0.2, 0.25) is 0 Å². The summed E-state index contributed by atoms with van der Waals surface area (Å²) in [5.74, 6) is 0.996. The van der Waals surface area contributed by atoms with E-state index in [2.05, 4.69) is 18.0 Å². The summed E-state index contributed by atoms with van der Waals surface area (Å²) < 4.78 is 0. The lowest BCUT2D eigenvalue weighted by Crippen LogP contribution is -2.12. The molecule has 1 unspecified atom stereocenters. The summed E-state index contributed by atoms with van der Waals surface area (Å²) in [5, 5.41) is 3.02. The van der Waals surface area contributed by atoms with Gasteiger partial charge < -0.3 is 0 Å². The molecule has 0 fully saturated rings. The fraction of sp³-hybridized carbons (Fsp3) is 0.538. The minimum Gasteiger partial charge on any atom is -0.294 e. The number of thiazole rings is 1. The molecular formula is C13H17NOS. The highest BCUT2D eigenvalue weighted by atomic mass is 32.1. The van der Waals surface area contributed by atoms with Crippen LogP contribution in [0.5, 0.6) is 0 Å². The lowest BCUT2D eigenvalue weighted by Gasteiger charge is -2.16. The van der Waals surface area contributed by atoms with Crippen LogP contribution in [-0.2, 0) is 11.2 Å². The van der Waals surface area contributed by atoms with E-state index >= 15 is 0 Å². The van der Waals surface area contributed by atoms with Gasteiger partial charge in [0.1, 0.15) is 0 Å². The number of hydrogen-bond acceptors (Lipinski definition) is 3. The molecule has 1 heterocycles. The number of nitrogens with zero attached hydrogens (tertiary/aromatic N) is 1. The molecule has 0 bridgehead atoms. The third-order valence-corrected chi connectivity index (χ3v) is 3.86. The third-order valence-electron chi connectivity index (χ3n) is 3.04. The number of aromatic nitrogens is 1. The molecule has 1 aromatic heterocycles. The Hall–Kier alpha value is -0.960. The summed E-state index contributed by atoms with van der Waals surface area (Å²) >= 11 is 1.61. The monoisotopic (exact) mass is 235 g/mol. The van der Waals surface area contributed by atoms with Crippen LogP contribution in [0, 0.1) is 12.8 Å². The molecule has 0 amide bonds. The van der Waals surface area contributed by atoms with Crippen LogP contribution < -0.4 is 0 Å². The van der Waals surface area contributed by atoms with Gasteiger partial charge in [-0.2, -0.15) is 0 Å². The van der Waals surface area contributed by atoms with Crippen molar-refractivity contribution in [1.29, 1.82) is 0 Å². The molecule has 0 spiro atoms. The molecule has 1 aromatic rings. The topological polar surface area (TPSA) is 30.0 Å². The number of aryl methyl sites for hydroxylation is 1. The molecule has 1 aliphatic carbocycles. The zero-order valence-electron chi connectivity index (χ0n) is 9.82. The first-order chi connectivity index (χ1) is 7.65. The average molecular weight is 235 g/mol. The van der Waals surface area contributed by atoms with Crippen LogP contribution in [0.4, 0.5) is 0 Å². The largest absolute Gasteiger partial charge is 0.294 e. The Morgan fingerprint density at radius 1 is 1.62 bits per heavy atom. The number of Topliss-reactive ketones (excluding diaryl/α,β-unsaturated/α-hetero) is 1. The van der Waals surface area contributed by atoms with Gasteiger partial charge in [0, 0.05) is 5.38 Å². The second-order valence-corrected chi connectivity index (χ2v) is 5.63. The second-order valence-electron chi connectivity index (χ2n) is 4.57. The molecule has 0 saturated carbocycles. The first kappa shape index (κ1) is 11.5. The van der Waals surface area contributed by atoms with Crippen molar-refractivity contribution in [1.82, 2.24) is 4.98 Å². The minimum atomic E-state index is 0.261. The number of carbonyl (C=O) groups is 1. The molecule has 0 saturated heterocycles. The summed E-state index contributed by atoms with van der Waals surface area (Å²) in [6.07, 6.45) is 5.74. The zero-order chi connectivity index (χ0) is 11.5. The summed E-state index contributed by atoms with van der Waals surface area (Å²) in [6, 6.07) is 0. The molecular weight excluding hydrogens is 218 g/mol. The lowest BCUT2D eigenvalue weighted by atomic mass is 9.88. The number of allylic oxidation sites excluding steroid dienone is 2.